The van der Waals surface area contributed by atoms with E-state index in [9.17, 15) is 4.39 Å². The molecular formula is C14H8BrCl2FN2. The number of rotatable bonds is 1. The molecule has 0 bridgehead atoms. The molecule has 3 aromatic rings. The Morgan fingerprint density at radius 1 is 1.15 bits per heavy atom. The van der Waals surface area contributed by atoms with Gasteiger partial charge in [-0.2, -0.15) is 0 Å². The van der Waals surface area contributed by atoms with Gasteiger partial charge in [0, 0.05) is 22.4 Å². The number of nitrogens with zero attached hydrogens (tertiary/aromatic N) is 2. The average Bonchev–Trinajstić information content (AvgIpc) is 2.77. The molecule has 3 rings (SSSR count). The lowest BCUT2D eigenvalue weighted by molar-refractivity contribution is 0.629. The molecule has 2 aromatic heterocycles. The van der Waals surface area contributed by atoms with E-state index in [0.717, 1.165) is 15.7 Å². The monoisotopic (exact) mass is 372 g/mol. The van der Waals surface area contributed by atoms with Crippen LogP contribution in [0, 0.1) is 12.7 Å². The van der Waals surface area contributed by atoms with Crippen LogP contribution in [-0.2, 0) is 0 Å². The number of fused-ring (bicyclic) bond motifs is 1. The lowest BCUT2D eigenvalue weighted by atomic mass is 10.1. The van der Waals surface area contributed by atoms with Crippen molar-refractivity contribution in [1.82, 2.24) is 9.38 Å². The number of hydrogen-bond acceptors (Lipinski definition) is 1. The average molecular weight is 374 g/mol. The highest BCUT2D eigenvalue weighted by atomic mass is 79.9. The highest BCUT2D eigenvalue weighted by molar-refractivity contribution is 9.10. The van der Waals surface area contributed by atoms with Crippen molar-refractivity contribution in [2.45, 2.75) is 6.92 Å². The summed E-state index contributed by atoms with van der Waals surface area (Å²) in [6.45, 7) is 1.98. The summed E-state index contributed by atoms with van der Waals surface area (Å²) in [6.07, 6.45) is 3.70. The summed E-state index contributed by atoms with van der Waals surface area (Å²) in [6, 6.07) is 4.63. The molecule has 6 heteroatoms. The van der Waals surface area contributed by atoms with Crippen LogP contribution in [0.1, 0.15) is 5.56 Å². The molecule has 0 aliphatic carbocycles. The minimum Gasteiger partial charge on any atom is -0.305 e. The van der Waals surface area contributed by atoms with Crippen molar-refractivity contribution >= 4 is 44.8 Å². The van der Waals surface area contributed by atoms with Gasteiger partial charge in [0.15, 0.2) is 0 Å². The van der Waals surface area contributed by atoms with Gasteiger partial charge in [0.1, 0.15) is 11.5 Å². The Bertz CT molecular complexity index is 791. The molecule has 0 fully saturated rings. The van der Waals surface area contributed by atoms with Crippen LogP contribution in [0.5, 0.6) is 0 Å². The third-order valence-corrected chi connectivity index (χ3v) is 4.45. The first-order valence-corrected chi connectivity index (χ1v) is 7.30. The van der Waals surface area contributed by atoms with Crippen molar-refractivity contribution < 1.29 is 4.39 Å². The minimum atomic E-state index is -0.513. The van der Waals surface area contributed by atoms with Crippen LogP contribution in [0.15, 0.2) is 35.1 Å². The van der Waals surface area contributed by atoms with Gasteiger partial charge in [-0.3, -0.25) is 0 Å². The van der Waals surface area contributed by atoms with Gasteiger partial charge >= 0.3 is 0 Å². The molecule has 0 amide bonds. The number of halogens is 4. The van der Waals surface area contributed by atoms with Crippen LogP contribution in [-0.4, -0.2) is 9.38 Å². The quantitative estimate of drug-likeness (QED) is 0.513. The first-order chi connectivity index (χ1) is 9.45. The van der Waals surface area contributed by atoms with Gasteiger partial charge in [0.25, 0.3) is 0 Å². The largest absolute Gasteiger partial charge is 0.305 e. The Hall–Kier alpha value is -1.10. The molecule has 0 aliphatic heterocycles. The van der Waals surface area contributed by atoms with Crippen LogP contribution in [0.3, 0.4) is 0 Å². The van der Waals surface area contributed by atoms with E-state index in [4.69, 9.17) is 23.2 Å². The van der Waals surface area contributed by atoms with Gasteiger partial charge in [0.05, 0.1) is 15.7 Å². The topological polar surface area (TPSA) is 17.3 Å². The molecule has 0 atom stereocenters. The fraction of sp³-hybridized carbons (Fsp3) is 0.0714. The summed E-state index contributed by atoms with van der Waals surface area (Å²) in [5.41, 5.74) is 2.96. The van der Waals surface area contributed by atoms with Crippen molar-refractivity contribution in [2.75, 3.05) is 0 Å². The molecule has 0 N–H and O–H groups in total. The van der Waals surface area contributed by atoms with E-state index in [1.807, 2.05) is 23.6 Å². The minimum absolute atomic E-state index is 0.00102. The lowest BCUT2D eigenvalue weighted by Crippen LogP contribution is -1.85. The second-order valence-electron chi connectivity index (χ2n) is 4.44. The van der Waals surface area contributed by atoms with Gasteiger partial charge in [-0.05, 0) is 46.6 Å². The first-order valence-electron chi connectivity index (χ1n) is 5.75. The summed E-state index contributed by atoms with van der Waals surface area (Å²) >= 11 is 15.3. The van der Waals surface area contributed by atoms with Crippen molar-refractivity contribution in [3.63, 3.8) is 0 Å². The molecule has 2 heterocycles. The Balaban J connectivity index is 2.22. The van der Waals surface area contributed by atoms with Crippen molar-refractivity contribution in [3.8, 4) is 11.3 Å². The predicted octanol–water partition coefficient (Wildman–Crippen LogP) is 5.52. The summed E-state index contributed by atoms with van der Waals surface area (Å²) in [4.78, 5) is 4.46. The number of imidazole rings is 1. The molecule has 2 nitrogen and oxygen atoms in total. The van der Waals surface area contributed by atoms with Crippen molar-refractivity contribution in [3.05, 3.63) is 56.5 Å². The Morgan fingerprint density at radius 2 is 1.90 bits per heavy atom. The van der Waals surface area contributed by atoms with E-state index in [-0.39, 0.29) is 5.02 Å². The molecule has 0 radical (unpaired) electrons. The number of pyridine rings is 1. The normalized spacial score (nSPS) is 11.2. The van der Waals surface area contributed by atoms with E-state index in [0.29, 0.717) is 16.3 Å². The summed E-state index contributed by atoms with van der Waals surface area (Å²) in [5.74, 6) is -0.513. The SMILES string of the molecule is Cc1cc2nc(-c3cc(F)c(Cl)cc3Cl)cn2cc1Br. The maximum Gasteiger partial charge on any atom is 0.142 e. The maximum atomic E-state index is 13.6. The van der Waals surface area contributed by atoms with E-state index in [1.165, 1.54) is 12.1 Å². The highest BCUT2D eigenvalue weighted by Crippen LogP contribution is 2.32. The van der Waals surface area contributed by atoms with E-state index in [1.54, 1.807) is 6.20 Å². The van der Waals surface area contributed by atoms with Gasteiger partial charge in [-0.25, -0.2) is 9.37 Å². The number of benzene rings is 1. The summed E-state index contributed by atoms with van der Waals surface area (Å²) in [5, 5.41) is 0.372. The molecule has 0 unspecified atom stereocenters. The number of aryl methyl sites for hydroxylation is 1. The Kier molecular flexibility index (Phi) is 3.48. The highest BCUT2D eigenvalue weighted by Gasteiger charge is 2.13. The van der Waals surface area contributed by atoms with E-state index < -0.39 is 5.82 Å². The van der Waals surface area contributed by atoms with Crippen LogP contribution in [0.2, 0.25) is 10.0 Å². The third kappa shape index (κ3) is 2.32. The van der Waals surface area contributed by atoms with Gasteiger partial charge in [0.2, 0.25) is 0 Å². The number of hydrogen-bond donors (Lipinski definition) is 0. The molecule has 0 saturated carbocycles. The molecule has 0 saturated heterocycles. The van der Waals surface area contributed by atoms with Gasteiger partial charge in [-0.1, -0.05) is 23.2 Å². The maximum absolute atomic E-state index is 13.6. The zero-order valence-corrected chi connectivity index (χ0v) is 13.4. The Morgan fingerprint density at radius 3 is 2.65 bits per heavy atom. The molecule has 0 spiro atoms. The zero-order valence-electron chi connectivity index (χ0n) is 10.3. The smallest absolute Gasteiger partial charge is 0.142 e. The second-order valence-corrected chi connectivity index (χ2v) is 6.11. The van der Waals surface area contributed by atoms with E-state index >= 15 is 0 Å². The van der Waals surface area contributed by atoms with Crippen LogP contribution < -0.4 is 0 Å². The van der Waals surface area contributed by atoms with Gasteiger partial charge in [-0.15, -0.1) is 0 Å². The van der Waals surface area contributed by atoms with Crippen molar-refractivity contribution in [1.29, 1.82) is 0 Å². The summed E-state index contributed by atoms with van der Waals surface area (Å²) in [7, 11) is 0. The second kappa shape index (κ2) is 5.02. The molecule has 20 heavy (non-hydrogen) atoms. The third-order valence-electron chi connectivity index (χ3n) is 3.02. The predicted molar refractivity (Wildman–Crippen MR) is 83.0 cm³/mol. The lowest BCUT2D eigenvalue weighted by Gasteiger charge is -2.02. The molecule has 0 aliphatic rings. The fourth-order valence-corrected chi connectivity index (χ4v) is 2.77. The summed E-state index contributed by atoms with van der Waals surface area (Å²) < 4.78 is 16.4. The molecule has 102 valence electrons. The van der Waals surface area contributed by atoms with Crippen molar-refractivity contribution in [2.24, 2.45) is 0 Å². The van der Waals surface area contributed by atoms with Crippen LogP contribution >= 0.6 is 39.1 Å². The fourth-order valence-electron chi connectivity index (χ4n) is 1.95. The van der Waals surface area contributed by atoms with E-state index in [2.05, 4.69) is 20.9 Å². The van der Waals surface area contributed by atoms with Gasteiger partial charge < -0.3 is 4.40 Å². The standard InChI is InChI=1S/C14H8BrCl2FN2/c1-7-2-14-19-13(6-20(14)5-9(7)15)8-3-12(18)11(17)4-10(8)16/h2-6H,1H3. The van der Waals surface area contributed by atoms with Crippen LogP contribution in [0.4, 0.5) is 4.39 Å². The zero-order chi connectivity index (χ0) is 14.4. The molecular weight excluding hydrogens is 366 g/mol. The molecule has 1 aromatic carbocycles. The van der Waals surface area contributed by atoms with Crippen LogP contribution in [0.25, 0.3) is 16.9 Å². The Labute approximate surface area is 133 Å². The first kappa shape index (κ1) is 13.9. The number of aromatic nitrogens is 2.